The van der Waals surface area contributed by atoms with Crippen LogP contribution in [0.25, 0.3) is 11.8 Å². The molecule has 9 heteroatoms. The molecular formula is C25H21N3O6. The first-order chi connectivity index (χ1) is 16.3. The Hall–Kier alpha value is -4.66. The van der Waals surface area contributed by atoms with Gasteiger partial charge in [0.15, 0.2) is 11.3 Å². The number of esters is 1. The highest BCUT2D eigenvalue weighted by molar-refractivity contribution is 6.26. The largest absolute Gasteiger partial charge is 0.505 e. The van der Waals surface area contributed by atoms with Gasteiger partial charge in [-0.1, -0.05) is 36.4 Å². The molecule has 2 aromatic carbocycles. The molecule has 0 saturated carbocycles. The SMILES string of the molecule is COC(=O)C1=C(O)/C(=C\c2c(C)n(C)n(-c3ccccc3)c2=O)N(C(=O)c2ccccc2)C1=O. The van der Waals surface area contributed by atoms with Gasteiger partial charge in [-0.15, -0.1) is 0 Å². The van der Waals surface area contributed by atoms with E-state index >= 15 is 0 Å². The molecule has 3 aromatic rings. The first-order valence-corrected chi connectivity index (χ1v) is 10.3. The molecule has 1 aromatic heterocycles. The molecule has 0 aliphatic carbocycles. The van der Waals surface area contributed by atoms with Crippen LogP contribution in [-0.2, 0) is 21.4 Å². The highest BCUT2D eigenvalue weighted by atomic mass is 16.5. The van der Waals surface area contributed by atoms with E-state index in [0.29, 0.717) is 16.3 Å². The molecule has 9 nitrogen and oxygen atoms in total. The lowest BCUT2D eigenvalue weighted by Crippen LogP contribution is -2.34. The summed E-state index contributed by atoms with van der Waals surface area (Å²) < 4.78 is 7.66. The summed E-state index contributed by atoms with van der Waals surface area (Å²) in [6, 6.07) is 16.8. The maximum atomic E-state index is 13.3. The highest BCUT2D eigenvalue weighted by Crippen LogP contribution is 2.32. The van der Waals surface area contributed by atoms with Crippen molar-refractivity contribution < 1.29 is 24.2 Å². The number of rotatable bonds is 4. The normalized spacial score (nSPS) is 14.7. The van der Waals surface area contributed by atoms with Crippen LogP contribution in [-0.4, -0.2) is 44.3 Å². The summed E-state index contributed by atoms with van der Waals surface area (Å²) in [4.78, 5) is 52.5. The number of ether oxygens (including phenoxy) is 1. The van der Waals surface area contributed by atoms with Crippen LogP contribution in [0.15, 0.2) is 82.5 Å². The first-order valence-electron chi connectivity index (χ1n) is 10.3. The second kappa shape index (κ2) is 8.70. The summed E-state index contributed by atoms with van der Waals surface area (Å²) in [7, 11) is 2.74. The maximum absolute atomic E-state index is 13.3. The number of aliphatic hydroxyl groups excluding tert-OH is 1. The monoisotopic (exact) mass is 459 g/mol. The summed E-state index contributed by atoms with van der Waals surface area (Å²) in [6.07, 6.45) is 1.24. The number of carbonyl (C=O) groups is 3. The van der Waals surface area contributed by atoms with Crippen LogP contribution in [0.4, 0.5) is 0 Å². The maximum Gasteiger partial charge on any atom is 0.347 e. The van der Waals surface area contributed by atoms with Gasteiger partial charge in [0.1, 0.15) is 0 Å². The van der Waals surface area contributed by atoms with Crippen LogP contribution in [0.5, 0.6) is 0 Å². The molecule has 172 valence electrons. The zero-order valence-electron chi connectivity index (χ0n) is 18.7. The molecule has 0 spiro atoms. The number of methoxy groups -OCH3 is 1. The van der Waals surface area contributed by atoms with E-state index in [2.05, 4.69) is 4.74 Å². The van der Waals surface area contributed by atoms with Crippen LogP contribution in [0.1, 0.15) is 21.6 Å². The van der Waals surface area contributed by atoms with Crippen LogP contribution in [0, 0.1) is 6.92 Å². The Labute approximate surface area is 194 Å². The summed E-state index contributed by atoms with van der Waals surface area (Å²) in [5, 5.41) is 10.8. The van der Waals surface area contributed by atoms with Gasteiger partial charge in [-0.3, -0.25) is 19.1 Å². The lowest BCUT2D eigenvalue weighted by molar-refractivity contribution is -0.138. The summed E-state index contributed by atoms with van der Waals surface area (Å²) in [5.74, 6) is -3.64. The average Bonchev–Trinajstić information content (AvgIpc) is 3.22. The van der Waals surface area contributed by atoms with Crippen molar-refractivity contribution in [3.8, 4) is 5.69 Å². The number of carbonyl (C=O) groups excluding carboxylic acids is 3. The number of para-hydroxylation sites is 1. The van der Waals surface area contributed by atoms with Crippen molar-refractivity contribution in [2.24, 2.45) is 7.05 Å². The summed E-state index contributed by atoms with van der Waals surface area (Å²) in [5.41, 5.74) is 0.0142. The van der Waals surface area contributed by atoms with Gasteiger partial charge in [-0.05, 0) is 37.3 Å². The predicted octanol–water partition coefficient (Wildman–Crippen LogP) is 2.49. The Morgan fingerprint density at radius 2 is 1.56 bits per heavy atom. The minimum Gasteiger partial charge on any atom is -0.505 e. The van der Waals surface area contributed by atoms with Crippen LogP contribution >= 0.6 is 0 Å². The lowest BCUT2D eigenvalue weighted by atomic mass is 10.1. The molecular weight excluding hydrogens is 438 g/mol. The van der Waals surface area contributed by atoms with Gasteiger partial charge in [0.2, 0.25) is 0 Å². The molecule has 1 aliphatic heterocycles. The minimum atomic E-state index is -1.09. The number of hydrogen-bond donors (Lipinski definition) is 1. The fourth-order valence-corrected chi connectivity index (χ4v) is 3.78. The van der Waals surface area contributed by atoms with E-state index in [1.807, 2.05) is 6.07 Å². The summed E-state index contributed by atoms with van der Waals surface area (Å²) in [6.45, 7) is 1.69. The number of hydrogen-bond acceptors (Lipinski definition) is 6. The quantitative estimate of drug-likeness (QED) is 0.365. The third kappa shape index (κ3) is 3.53. The molecule has 0 radical (unpaired) electrons. The molecule has 1 aliphatic rings. The van der Waals surface area contributed by atoms with E-state index in [9.17, 15) is 24.3 Å². The standard InChI is InChI=1S/C25H21N3O6/c1-15-18(23(31)28(26(15)2)17-12-8-5-9-13-17)14-19-21(29)20(25(33)34-3)24(32)27(19)22(30)16-10-6-4-7-11-16/h4-14,29H,1-3H3/b19-14+. The average molecular weight is 459 g/mol. The number of aliphatic hydroxyl groups is 1. The molecule has 1 N–H and O–H groups in total. The fourth-order valence-electron chi connectivity index (χ4n) is 3.78. The molecule has 2 heterocycles. The van der Waals surface area contributed by atoms with E-state index in [1.165, 1.54) is 22.9 Å². The number of benzene rings is 2. The third-order valence-corrected chi connectivity index (χ3v) is 5.63. The van der Waals surface area contributed by atoms with Crippen molar-refractivity contribution in [1.82, 2.24) is 14.3 Å². The highest BCUT2D eigenvalue weighted by Gasteiger charge is 2.44. The zero-order valence-corrected chi connectivity index (χ0v) is 18.7. The van der Waals surface area contributed by atoms with Crippen LogP contribution in [0.3, 0.4) is 0 Å². The topological polar surface area (TPSA) is 111 Å². The second-order valence-corrected chi connectivity index (χ2v) is 7.53. The Bertz CT molecular complexity index is 1430. The molecule has 34 heavy (non-hydrogen) atoms. The van der Waals surface area contributed by atoms with E-state index in [4.69, 9.17) is 0 Å². The third-order valence-electron chi connectivity index (χ3n) is 5.63. The Kier molecular flexibility index (Phi) is 5.77. The first kappa shape index (κ1) is 22.5. The van der Waals surface area contributed by atoms with Gasteiger partial charge in [0, 0.05) is 18.3 Å². The van der Waals surface area contributed by atoms with Gasteiger partial charge in [-0.2, -0.15) is 0 Å². The minimum absolute atomic E-state index is 0.137. The lowest BCUT2D eigenvalue weighted by Gasteiger charge is -2.16. The number of aromatic nitrogens is 2. The number of amides is 2. The Morgan fingerprint density at radius 3 is 2.15 bits per heavy atom. The molecule has 0 atom stereocenters. The van der Waals surface area contributed by atoms with Crippen molar-refractivity contribution in [1.29, 1.82) is 0 Å². The van der Waals surface area contributed by atoms with Crippen LogP contribution in [0.2, 0.25) is 0 Å². The molecule has 2 amide bonds. The molecule has 0 unspecified atom stereocenters. The van der Waals surface area contributed by atoms with E-state index < -0.39 is 34.7 Å². The number of imide groups is 1. The summed E-state index contributed by atoms with van der Waals surface area (Å²) >= 11 is 0. The molecule has 0 bridgehead atoms. The molecule has 4 rings (SSSR count). The van der Waals surface area contributed by atoms with Crippen molar-refractivity contribution in [3.63, 3.8) is 0 Å². The van der Waals surface area contributed by atoms with Gasteiger partial charge in [0.25, 0.3) is 17.4 Å². The van der Waals surface area contributed by atoms with Gasteiger partial charge >= 0.3 is 5.97 Å². The smallest absolute Gasteiger partial charge is 0.347 e. The fraction of sp³-hybridized carbons (Fsp3) is 0.120. The van der Waals surface area contributed by atoms with Crippen LogP contribution < -0.4 is 5.56 Å². The Balaban J connectivity index is 1.93. The zero-order chi connectivity index (χ0) is 24.6. The van der Waals surface area contributed by atoms with Gasteiger partial charge in [-0.25, -0.2) is 14.4 Å². The molecule has 0 fully saturated rings. The van der Waals surface area contributed by atoms with Gasteiger partial charge < -0.3 is 9.84 Å². The van der Waals surface area contributed by atoms with Crippen molar-refractivity contribution in [3.05, 3.63) is 105 Å². The van der Waals surface area contributed by atoms with E-state index in [-0.39, 0.29) is 16.8 Å². The van der Waals surface area contributed by atoms with Gasteiger partial charge in [0.05, 0.1) is 24.1 Å². The Morgan fingerprint density at radius 1 is 0.971 bits per heavy atom. The number of nitrogens with zero attached hydrogens (tertiary/aromatic N) is 3. The van der Waals surface area contributed by atoms with E-state index in [1.54, 1.807) is 61.1 Å². The van der Waals surface area contributed by atoms with E-state index in [0.717, 1.165) is 7.11 Å². The predicted molar refractivity (Wildman–Crippen MR) is 123 cm³/mol. The second-order valence-electron chi connectivity index (χ2n) is 7.53. The van der Waals surface area contributed by atoms with Crippen molar-refractivity contribution in [2.75, 3.05) is 7.11 Å². The van der Waals surface area contributed by atoms with Crippen molar-refractivity contribution >= 4 is 23.9 Å². The molecule has 0 saturated heterocycles. The van der Waals surface area contributed by atoms with Crippen molar-refractivity contribution in [2.45, 2.75) is 6.92 Å².